The molecule has 0 heterocycles. The third-order valence-electron chi connectivity index (χ3n) is 2.58. The van der Waals surface area contributed by atoms with Crippen LogP contribution in [0, 0.1) is 23.5 Å². The first-order valence-electron chi connectivity index (χ1n) is 7.17. The molecule has 0 unspecified atom stereocenters. The second kappa shape index (κ2) is 8.29. The third-order valence-corrected chi connectivity index (χ3v) is 2.58. The molecule has 0 bridgehead atoms. The van der Waals surface area contributed by atoms with Gasteiger partial charge in [-0.2, -0.15) is 0 Å². The summed E-state index contributed by atoms with van der Waals surface area (Å²) in [4.78, 5) is 22.6. The lowest BCUT2D eigenvalue weighted by atomic mass is 10.1. The van der Waals surface area contributed by atoms with E-state index in [9.17, 15) is 18.4 Å². The Balaban J connectivity index is 2.62. The number of carbonyl (C=O) groups is 2. The molecule has 130 valence electrons. The van der Waals surface area contributed by atoms with Crippen molar-refractivity contribution in [2.75, 3.05) is 13.7 Å². The molecular formula is C17H19F2NO4. The topological polar surface area (TPSA) is 64.6 Å². The Labute approximate surface area is 139 Å². The van der Waals surface area contributed by atoms with Crippen LogP contribution >= 0.6 is 0 Å². The van der Waals surface area contributed by atoms with Crippen LogP contribution in [0.25, 0.3) is 0 Å². The maximum atomic E-state index is 13.7. The summed E-state index contributed by atoms with van der Waals surface area (Å²) in [5, 5.41) is 2.51. The smallest absolute Gasteiger partial charge is 0.407 e. The minimum absolute atomic E-state index is 0.0786. The summed E-state index contributed by atoms with van der Waals surface area (Å²) in [6.45, 7) is 5.46. The van der Waals surface area contributed by atoms with Gasteiger partial charge in [0.1, 0.15) is 22.8 Å². The fourth-order valence-corrected chi connectivity index (χ4v) is 1.65. The zero-order valence-corrected chi connectivity index (χ0v) is 14.0. The number of carbonyl (C=O) groups excluding carboxylic acids is 2. The Bertz CT molecular complexity index is 661. The summed E-state index contributed by atoms with van der Waals surface area (Å²) in [5.41, 5.74) is -1.27. The summed E-state index contributed by atoms with van der Waals surface area (Å²) in [7, 11) is 1.03. The summed E-state index contributed by atoms with van der Waals surface area (Å²) in [5.74, 6) is 2.05. The largest absolute Gasteiger partial charge is 0.465 e. The van der Waals surface area contributed by atoms with Crippen molar-refractivity contribution in [2.24, 2.45) is 0 Å². The molecule has 0 spiro atoms. The van der Waals surface area contributed by atoms with Crippen molar-refractivity contribution >= 4 is 12.1 Å². The van der Waals surface area contributed by atoms with Gasteiger partial charge in [-0.3, -0.25) is 0 Å². The van der Waals surface area contributed by atoms with Crippen molar-refractivity contribution < 1.29 is 27.8 Å². The number of esters is 1. The van der Waals surface area contributed by atoms with Crippen LogP contribution in [0.3, 0.4) is 0 Å². The number of benzene rings is 1. The van der Waals surface area contributed by atoms with Crippen LogP contribution in [-0.2, 0) is 9.47 Å². The van der Waals surface area contributed by atoms with Gasteiger partial charge in [-0.25, -0.2) is 18.4 Å². The average molecular weight is 339 g/mol. The Morgan fingerprint density at radius 2 is 1.79 bits per heavy atom. The van der Waals surface area contributed by atoms with Crippen LogP contribution in [0.15, 0.2) is 12.1 Å². The molecule has 0 atom stereocenters. The highest BCUT2D eigenvalue weighted by Crippen LogP contribution is 2.16. The van der Waals surface area contributed by atoms with E-state index in [1.54, 1.807) is 20.8 Å². The van der Waals surface area contributed by atoms with Crippen LogP contribution in [0.2, 0.25) is 0 Å². The third kappa shape index (κ3) is 6.24. The first kappa shape index (κ1) is 19.4. The summed E-state index contributed by atoms with van der Waals surface area (Å²) in [6, 6.07) is 1.90. The van der Waals surface area contributed by atoms with Crippen molar-refractivity contribution in [2.45, 2.75) is 32.8 Å². The fraction of sp³-hybridized carbons (Fsp3) is 0.412. The molecule has 1 N–H and O–H groups in total. The number of hydrogen-bond donors (Lipinski definition) is 1. The Kier molecular flexibility index (Phi) is 6.71. The number of halogens is 2. The van der Waals surface area contributed by atoms with E-state index in [2.05, 4.69) is 21.9 Å². The second-order valence-corrected chi connectivity index (χ2v) is 5.79. The van der Waals surface area contributed by atoms with E-state index in [1.807, 2.05) is 0 Å². The molecule has 5 nitrogen and oxygen atoms in total. The quantitative estimate of drug-likeness (QED) is 0.522. The minimum Gasteiger partial charge on any atom is -0.465 e. The Morgan fingerprint density at radius 1 is 1.21 bits per heavy atom. The summed E-state index contributed by atoms with van der Waals surface area (Å²) >= 11 is 0. The van der Waals surface area contributed by atoms with Crippen LogP contribution in [-0.4, -0.2) is 31.3 Å². The zero-order valence-electron chi connectivity index (χ0n) is 14.0. The van der Waals surface area contributed by atoms with Crippen molar-refractivity contribution in [3.63, 3.8) is 0 Å². The Morgan fingerprint density at radius 3 is 2.29 bits per heavy atom. The van der Waals surface area contributed by atoms with Gasteiger partial charge < -0.3 is 14.8 Å². The van der Waals surface area contributed by atoms with Crippen LogP contribution < -0.4 is 5.32 Å². The van der Waals surface area contributed by atoms with Crippen molar-refractivity contribution in [3.8, 4) is 11.8 Å². The van der Waals surface area contributed by atoms with Crippen molar-refractivity contribution in [1.82, 2.24) is 5.32 Å². The van der Waals surface area contributed by atoms with Gasteiger partial charge in [0.05, 0.1) is 7.11 Å². The average Bonchev–Trinajstić information content (AvgIpc) is 2.44. The predicted octanol–water partition coefficient (Wildman–Crippen LogP) is 3.02. The van der Waals surface area contributed by atoms with Gasteiger partial charge in [-0.05, 0) is 32.9 Å². The molecule has 0 aliphatic heterocycles. The number of hydrogen-bond acceptors (Lipinski definition) is 4. The molecule has 0 radical (unpaired) electrons. The molecule has 1 amide bonds. The standard InChI is InChI=1S/C17H19F2NO4/c1-17(2,3)24-16(22)20-8-6-5-7-11-9-12(18)14(13(19)10-11)15(21)23-4/h9-10H,6,8H2,1-4H3,(H,20,22). The van der Waals surface area contributed by atoms with Gasteiger partial charge in [0.25, 0.3) is 0 Å². The fourth-order valence-electron chi connectivity index (χ4n) is 1.65. The number of amides is 1. The molecule has 1 aromatic carbocycles. The summed E-state index contributed by atoms with van der Waals surface area (Å²) < 4.78 is 36.7. The van der Waals surface area contributed by atoms with Crippen LogP contribution in [0.5, 0.6) is 0 Å². The highest BCUT2D eigenvalue weighted by atomic mass is 19.1. The Hall–Kier alpha value is -2.62. The molecule has 0 aliphatic carbocycles. The molecule has 0 fully saturated rings. The van der Waals surface area contributed by atoms with E-state index in [4.69, 9.17) is 4.74 Å². The van der Waals surface area contributed by atoms with Gasteiger partial charge in [-0.1, -0.05) is 11.8 Å². The van der Waals surface area contributed by atoms with Gasteiger partial charge >= 0.3 is 12.1 Å². The van der Waals surface area contributed by atoms with Gasteiger partial charge in [0, 0.05) is 18.5 Å². The molecule has 24 heavy (non-hydrogen) atoms. The van der Waals surface area contributed by atoms with Gasteiger partial charge in [0.15, 0.2) is 0 Å². The van der Waals surface area contributed by atoms with E-state index in [0.29, 0.717) is 0 Å². The van der Waals surface area contributed by atoms with Gasteiger partial charge in [0.2, 0.25) is 0 Å². The summed E-state index contributed by atoms with van der Waals surface area (Å²) in [6.07, 6.45) is -0.301. The first-order valence-corrected chi connectivity index (χ1v) is 7.17. The molecule has 0 aromatic heterocycles. The van der Waals surface area contributed by atoms with Gasteiger partial charge in [-0.15, -0.1) is 0 Å². The first-order chi connectivity index (χ1) is 11.1. The highest BCUT2D eigenvalue weighted by molar-refractivity contribution is 5.90. The number of ether oxygens (including phenoxy) is 2. The van der Waals surface area contributed by atoms with Crippen LogP contribution in [0.1, 0.15) is 43.1 Å². The molecule has 1 aromatic rings. The van der Waals surface area contributed by atoms with E-state index in [1.165, 1.54) is 0 Å². The molecule has 0 saturated heterocycles. The molecule has 1 rings (SSSR count). The molecule has 0 saturated carbocycles. The number of rotatable bonds is 3. The lowest BCUT2D eigenvalue weighted by Gasteiger charge is -2.19. The maximum Gasteiger partial charge on any atom is 0.407 e. The number of nitrogens with one attached hydrogen (secondary N) is 1. The van der Waals surface area contributed by atoms with E-state index in [0.717, 1.165) is 19.2 Å². The number of methoxy groups -OCH3 is 1. The lowest BCUT2D eigenvalue weighted by Crippen LogP contribution is -2.32. The van der Waals surface area contributed by atoms with Crippen LogP contribution in [0.4, 0.5) is 13.6 Å². The van der Waals surface area contributed by atoms with Crippen molar-refractivity contribution in [3.05, 3.63) is 34.9 Å². The zero-order chi connectivity index (χ0) is 18.3. The van der Waals surface area contributed by atoms with E-state index < -0.39 is 34.9 Å². The lowest BCUT2D eigenvalue weighted by molar-refractivity contribution is 0.0527. The van der Waals surface area contributed by atoms with E-state index in [-0.39, 0.29) is 18.5 Å². The van der Waals surface area contributed by atoms with E-state index >= 15 is 0 Å². The SMILES string of the molecule is COC(=O)c1c(F)cc(C#CCCNC(=O)OC(C)(C)C)cc1F. The molecule has 0 aliphatic rings. The monoisotopic (exact) mass is 339 g/mol. The molecule has 7 heteroatoms. The molecular weight excluding hydrogens is 320 g/mol. The maximum absolute atomic E-state index is 13.7. The number of alkyl carbamates (subject to hydrolysis) is 1. The van der Waals surface area contributed by atoms with Crippen molar-refractivity contribution in [1.29, 1.82) is 0 Å². The normalized spacial score (nSPS) is 10.4. The second-order valence-electron chi connectivity index (χ2n) is 5.79. The minimum atomic E-state index is -1.09. The highest BCUT2D eigenvalue weighted by Gasteiger charge is 2.18. The predicted molar refractivity (Wildman–Crippen MR) is 83.4 cm³/mol.